The molecule has 345 valence electrons. The van der Waals surface area contributed by atoms with E-state index in [2.05, 4.69) is 132 Å². The number of aryl methyl sites for hydroxylation is 3. The van der Waals surface area contributed by atoms with E-state index in [1.807, 2.05) is 36.4 Å². The van der Waals surface area contributed by atoms with E-state index < -0.39 is 0 Å². The molecular formula is C42H57ClMn3N2NaO12Sn2-. The van der Waals surface area contributed by atoms with Gasteiger partial charge in [-0.1, -0.05) is 20.8 Å². The molecule has 0 amide bonds. The van der Waals surface area contributed by atoms with Crippen LogP contribution in [0.3, 0.4) is 0 Å². The molecule has 21 heteroatoms. The van der Waals surface area contributed by atoms with Gasteiger partial charge in [0.25, 0.3) is 0 Å². The van der Waals surface area contributed by atoms with E-state index in [0.29, 0.717) is 79.3 Å². The molecule has 0 saturated carbocycles. The number of rotatable bonds is 0. The molecule has 0 unspecified atom stereocenters. The Kier molecular flexibility index (Phi) is 128. The maximum Gasteiger partial charge on any atom is 1.00 e. The van der Waals surface area contributed by atoms with Gasteiger partial charge in [0.1, 0.15) is 0 Å². The molecule has 10 radical (unpaired) electrons. The van der Waals surface area contributed by atoms with Crippen LogP contribution in [0.5, 0.6) is 0 Å². The zero-order valence-corrected chi connectivity index (χ0v) is 48.5. The maximum atomic E-state index is 7.50. The molecule has 0 N–H and O–H groups in total. The summed E-state index contributed by atoms with van der Waals surface area (Å²) >= 11 is 2.41. The van der Waals surface area contributed by atoms with E-state index in [9.17, 15) is 0 Å². The van der Waals surface area contributed by atoms with Gasteiger partial charge in [0.2, 0.25) is 0 Å². The van der Waals surface area contributed by atoms with Crippen molar-refractivity contribution in [1.82, 2.24) is 9.80 Å². The average Bonchev–Trinajstić information content (AvgIpc) is 4.11. The first-order valence-electron chi connectivity index (χ1n) is 17.5. The molecule has 3 saturated heterocycles. The van der Waals surface area contributed by atoms with Crippen LogP contribution in [0.15, 0.2) is 72.8 Å². The van der Waals surface area contributed by atoms with E-state index in [4.69, 9.17) is 56.3 Å². The fraction of sp³-hybridized carbons (Fsp3) is 0.500. The fourth-order valence-corrected chi connectivity index (χ4v) is 4.21. The van der Waals surface area contributed by atoms with Crippen LogP contribution in [0.1, 0.15) is 16.7 Å². The predicted molar refractivity (Wildman–Crippen MR) is 219 cm³/mol. The van der Waals surface area contributed by atoms with Crippen LogP contribution in [0.25, 0.3) is 0 Å². The zero-order valence-electron chi connectivity index (χ0n) is 36.5. The third-order valence-corrected chi connectivity index (χ3v) is 6.92. The van der Waals surface area contributed by atoms with Gasteiger partial charge in [0.05, 0.1) is 79.3 Å². The van der Waals surface area contributed by atoms with E-state index >= 15 is 0 Å². The van der Waals surface area contributed by atoms with E-state index in [0.717, 1.165) is 39.3 Å². The van der Waals surface area contributed by atoms with Crippen LogP contribution in [0.2, 0.25) is 0 Å². The smallest absolute Gasteiger partial charge is 0 e. The summed E-state index contributed by atoms with van der Waals surface area (Å²) in [6.07, 6.45) is 0. The quantitative estimate of drug-likeness (QED) is 0.185. The number of fused-ring (bicyclic) bond motifs is 21. The van der Waals surface area contributed by atoms with Gasteiger partial charge in [-0.15, -0.1) is 0 Å². The largest absolute Gasteiger partial charge is 1.00 e. The summed E-state index contributed by atoms with van der Waals surface area (Å²) in [4.78, 5) is 4.62. The standard InChI is InChI=1S/C18H36N2O6.3C6H7.6CO.ClH.3Mn.Na.2Sn/c1-7-21-13-14-24-10-4-20-5-11-25-17-15-22-8-2-19(1)3-9-23-16-18-26-12-6-20;3*1-6-4-2-3-5-6;6*1-2;;;;;;;/h1-18H2;3*2-5H,1H3;;;;;;;1H;;;;;;/q;3*-1;;;;;;;;;;+2;+1;;/p-1. The predicted octanol–water partition coefficient (Wildman–Crippen LogP) is 1.56. The van der Waals surface area contributed by atoms with Crippen molar-refractivity contribution in [3.8, 4) is 0 Å². The van der Waals surface area contributed by atoms with E-state index in [1.54, 1.807) is 0 Å². The van der Waals surface area contributed by atoms with Crippen LogP contribution in [-0.4, -0.2) is 176 Å². The summed E-state index contributed by atoms with van der Waals surface area (Å²) < 4.78 is 79.2. The molecule has 14 nitrogen and oxygen atoms in total. The molecule has 3 aromatic rings. The zero-order chi connectivity index (χ0) is 45.3. The second kappa shape index (κ2) is 89.2. The molecule has 3 aliphatic heterocycles. The van der Waals surface area contributed by atoms with Gasteiger partial charge in [-0.25, -0.2) is 34.9 Å². The SMILES string of the molecule is C1COCCN2CCOCCOCCN(CCO1)CCOCCOCC2.Cc1cc[cH-]c1.Cc1cc[cH-]c1.Cc1cc[cH-]c1.[C-]#[O+].[C-]#[O+].[C-]#[O+].[C-]#[O+].[C-]#[O+].[C-]#[O+].[Cl][Mn+].[Mn].[Mn].[Na+].[Sn].[Sn]. The minimum Gasteiger partial charge on any atom is 0 e. The Morgan fingerprint density at radius 1 is 0.413 bits per heavy atom. The van der Waals surface area contributed by atoms with Crippen molar-refractivity contribution in [3.05, 3.63) is 129 Å². The van der Waals surface area contributed by atoms with Gasteiger partial charge in [-0.3, -0.25) is 9.80 Å². The Labute approximate surface area is 466 Å². The molecule has 0 spiro atoms. The minimum absolute atomic E-state index is 0. The summed E-state index contributed by atoms with van der Waals surface area (Å²) in [6, 6.07) is 24.7. The Balaban J connectivity index is -0.0000000670. The number of ether oxygens (including phenoxy) is 6. The topological polar surface area (TPSA) is 181 Å². The Morgan fingerprint density at radius 3 is 0.667 bits per heavy atom. The molecule has 0 atom stereocenters. The van der Waals surface area contributed by atoms with Crippen LogP contribution >= 0.6 is 10.1 Å². The van der Waals surface area contributed by atoms with Crippen LogP contribution in [-0.2, 0) is 106 Å². The molecule has 6 rings (SSSR count). The van der Waals surface area contributed by atoms with Crippen molar-refractivity contribution in [1.29, 1.82) is 0 Å². The molecule has 3 aromatic carbocycles. The van der Waals surface area contributed by atoms with Crippen molar-refractivity contribution in [2.24, 2.45) is 0 Å². The molecule has 3 heterocycles. The van der Waals surface area contributed by atoms with Crippen molar-refractivity contribution in [3.63, 3.8) is 0 Å². The third kappa shape index (κ3) is 77.1. The van der Waals surface area contributed by atoms with Gasteiger partial charge >= 0.3 is 123 Å². The Bertz CT molecular complexity index is 1060. The Morgan fingerprint density at radius 2 is 0.571 bits per heavy atom. The second-order valence-electron chi connectivity index (χ2n) is 10.7. The number of hydrogen-bond donors (Lipinski definition) is 0. The summed E-state index contributed by atoms with van der Waals surface area (Å²) in [6.45, 7) is 46.4. The summed E-state index contributed by atoms with van der Waals surface area (Å²) in [5, 5.41) is 0. The number of nitrogens with zero attached hydrogens (tertiary/aromatic N) is 2. The van der Waals surface area contributed by atoms with E-state index in [-0.39, 0.29) is 112 Å². The first-order valence-corrected chi connectivity index (χ1v) is 19.1. The third-order valence-electron chi connectivity index (χ3n) is 6.92. The Hall–Kier alpha value is 0.616. The van der Waals surface area contributed by atoms with Crippen molar-refractivity contribution in [2.75, 3.05) is 119 Å². The first kappa shape index (κ1) is 90.1. The van der Waals surface area contributed by atoms with Gasteiger partial charge in [0.15, 0.2) is 0 Å². The number of hydrogen-bond acceptors (Lipinski definition) is 8. The molecular weight excluding hydrogens is 1190 g/mol. The van der Waals surface area contributed by atoms with Crippen molar-refractivity contribution in [2.45, 2.75) is 20.8 Å². The molecule has 2 bridgehead atoms. The van der Waals surface area contributed by atoms with Crippen molar-refractivity contribution >= 4 is 57.9 Å². The number of halogens is 1. The summed E-state index contributed by atoms with van der Waals surface area (Å²) in [5.41, 5.74) is 4.03. The summed E-state index contributed by atoms with van der Waals surface area (Å²) in [7, 11) is 4.45. The van der Waals surface area contributed by atoms with Crippen LogP contribution < -0.4 is 29.6 Å². The first-order chi connectivity index (χ1) is 28.6. The van der Waals surface area contributed by atoms with Crippen LogP contribution in [0.4, 0.5) is 0 Å². The molecule has 3 fully saturated rings. The molecule has 0 aromatic heterocycles. The van der Waals surface area contributed by atoms with Crippen molar-refractivity contribution < 1.29 is 135 Å². The van der Waals surface area contributed by atoms with Gasteiger partial charge < -0.3 is 28.4 Å². The summed E-state index contributed by atoms with van der Waals surface area (Å²) in [5.74, 6) is 0. The molecule has 0 aliphatic carbocycles. The minimum atomic E-state index is 0. The fourth-order valence-electron chi connectivity index (χ4n) is 4.21. The maximum absolute atomic E-state index is 7.50. The molecule has 63 heavy (non-hydrogen) atoms. The monoisotopic (exact) mass is 1240 g/mol. The van der Waals surface area contributed by atoms with Gasteiger partial charge in [-0.2, -0.15) is 54.6 Å². The van der Waals surface area contributed by atoms with Gasteiger partial charge in [-0.05, 0) is 0 Å². The normalized spacial score (nSPS) is 15.4. The van der Waals surface area contributed by atoms with Gasteiger partial charge in [0, 0.05) is 121 Å². The second-order valence-corrected chi connectivity index (χ2v) is 10.7. The van der Waals surface area contributed by atoms with Crippen LogP contribution in [0, 0.1) is 60.7 Å². The van der Waals surface area contributed by atoms with E-state index in [1.165, 1.54) is 16.7 Å². The molecule has 3 aliphatic rings. The average molecular weight is 1240 g/mol.